The summed E-state index contributed by atoms with van der Waals surface area (Å²) >= 11 is 0. The number of carbonyl (C=O) groups is 2. The van der Waals surface area contributed by atoms with E-state index in [1.54, 1.807) is 7.11 Å². The average Bonchev–Trinajstić information content (AvgIpc) is 3.65. The first kappa shape index (κ1) is 31.6. The number of likely N-dealkylation sites (N-methyl/N-ethyl adjacent to an activating group) is 2. The molecule has 45 heavy (non-hydrogen) atoms. The number of rotatable bonds is 10. The van der Waals surface area contributed by atoms with Crippen LogP contribution in [0.3, 0.4) is 0 Å². The monoisotopic (exact) mass is 615 g/mol. The molecule has 1 N–H and O–H groups in total. The van der Waals surface area contributed by atoms with E-state index in [1.165, 1.54) is 43.2 Å². The van der Waals surface area contributed by atoms with Gasteiger partial charge in [-0.15, -0.1) is 0 Å². The summed E-state index contributed by atoms with van der Waals surface area (Å²) in [5.74, 6) is 0.654. The van der Waals surface area contributed by atoms with Crippen molar-refractivity contribution in [2.45, 2.75) is 83.3 Å². The number of methoxy groups -OCH3 is 1. The van der Waals surface area contributed by atoms with Crippen molar-refractivity contribution >= 4 is 22.8 Å². The number of hydrogen-bond acceptors (Lipinski definition) is 6. The Hall–Kier alpha value is -3.36. The summed E-state index contributed by atoms with van der Waals surface area (Å²) in [7, 11) is 5.50. The normalized spacial score (nSPS) is 21.3. The zero-order chi connectivity index (χ0) is 31.9. The topological polar surface area (TPSA) is 82.0 Å². The van der Waals surface area contributed by atoms with Gasteiger partial charge in [-0.2, -0.15) is 0 Å². The van der Waals surface area contributed by atoms with E-state index in [2.05, 4.69) is 40.2 Å². The van der Waals surface area contributed by atoms with E-state index in [0.717, 1.165) is 40.1 Å². The van der Waals surface area contributed by atoms with Gasteiger partial charge in [0.05, 0.1) is 37.3 Å². The van der Waals surface area contributed by atoms with E-state index in [-0.39, 0.29) is 23.7 Å². The molecule has 2 heterocycles. The van der Waals surface area contributed by atoms with Crippen molar-refractivity contribution in [3.63, 3.8) is 0 Å². The van der Waals surface area contributed by atoms with Gasteiger partial charge < -0.3 is 29.0 Å². The molecule has 0 spiro atoms. The van der Waals surface area contributed by atoms with Gasteiger partial charge >= 0.3 is 5.97 Å². The highest BCUT2D eigenvalue weighted by atomic mass is 16.6. The van der Waals surface area contributed by atoms with E-state index in [9.17, 15) is 9.59 Å². The lowest BCUT2D eigenvalue weighted by Crippen LogP contribution is -2.39. The van der Waals surface area contributed by atoms with Gasteiger partial charge in [0.2, 0.25) is 5.91 Å². The second-order valence-electron chi connectivity index (χ2n) is 14.0. The SMILES string of the molecule is CNCCOCCN(C)C(=O)[C@@H]1CC=CC2=C3C(=C3C(=O)OC(C)(C)C)Cn3c(cc4c(OC)ccc(C5CCCCC5)c43)[C@@H]21. The molecular weight excluding hydrogens is 566 g/mol. The molecule has 0 saturated heterocycles. The quantitative estimate of drug-likeness (QED) is 0.260. The van der Waals surface area contributed by atoms with Crippen LogP contribution in [-0.2, 0) is 25.6 Å². The summed E-state index contributed by atoms with van der Waals surface area (Å²) < 4.78 is 20.0. The highest BCUT2D eigenvalue weighted by molar-refractivity contribution is 6.06. The number of allylic oxidation sites excluding steroid dienone is 4. The maximum Gasteiger partial charge on any atom is 0.339 e. The Morgan fingerprint density at radius 1 is 1.11 bits per heavy atom. The minimum absolute atomic E-state index is 0.0962. The Morgan fingerprint density at radius 3 is 2.60 bits per heavy atom. The Balaban J connectivity index is 1.46. The lowest BCUT2D eigenvalue weighted by molar-refractivity contribution is -0.149. The Bertz CT molecular complexity index is 1570. The Labute approximate surface area is 267 Å². The van der Waals surface area contributed by atoms with Crippen LogP contribution in [0.25, 0.3) is 10.9 Å². The number of benzene rings is 1. The van der Waals surface area contributed by atoms with E-state index in [0.29, 0.717) is 44.2 Å². The minimum Gasteiger partial charge on any atom is -0.496 e. The van der Waals surface area contributed by atoms with Crippen molar-refractivity contribution < 1.29 is 23.8 Å². The van der Waals surface area contributed by atoms with Gasteiger partial charge in [0.15, 0.2) is 0 Å². The second-order valence-corrected chi connectivity index (χ2v) is 14.0. The number of ether oxygens (including phenoxy) is 3. The molecule has 1 aromatic heterocycles. The van der Waals surface area contributed by atoms with Gasteiger partial charge in [-0.25, -0.2) is 4.79 Å². The molecule has 242 valence electrons. The van der Waals surface area contributed by atoms with Crippen LogP contribution in [0.5, 0.6) is 5.75 Å². The smallest absolute Gasteiger partial charge is 0.339 e. The van der Waals surface area contributed by atoms with Gasteiger partial charge in [0, 0.05) is 43.7 Å². The van der Waals surface area contributed by atoms with Crippen molar-refractivity contribution in [1.29, 1.82) is 0 Å². The molecule has 1 amide bonds. The van der Waals surface area contributed by atoms with Crippen LogP contribution >= 0.6 is 0 Å². The zero-order valence-electron chi connectivity index (χ0n) is 27.8. The van der Waals surface area contributed by atoms with E-state index in [4.69, 9.17) is 14.2 Å². The van der Waals surface area contributed by atoms with Crippen molar-refractivity contribution in [1.82, 2.24) is 14.8 Å². The first-order valence-electron chi connectivity index (χ1n) is 16.7. The van der Waals surface area contributed by atoms with Gasteiger partial charge in [-0.05, 0) is 87.4 Å². The van der Waals surface area contributed by atoms with Crippen LogP contribution in [0.2, 0.25) is 0 Å². The molecule has 4 aliphatic rings. The molecule has 1 aliphatic heterocycles. The Kier molecular flexibility index (Phi) is 8.99. The molecule has 6 rings (SSSR count). The summed E-state index contributed by atoms with van der Waals surface area (Å²) in [5.41, 5.74) is 6.82. The van der Waals surface area contributed by atoms with Crippen LogP contribution in [0.1, 0.15) is 82.4 Å². The molecule has 1 fully saturated rings. The third kappa shape index (κ3) is 6.11. The van der Waals surface area contributed by atoms with Crippen molar-refractivity contribution in [3.8, 4) is 5.75 Å². The number of fused-ring (bicyclic) bond motifs is 6. The van der Waals surface area contributed by atoms with E-state index >= 15 is 0 Å². The van der Waals surface area contributed by atoms with Gasteiger partial charge in [0.25, 0.3) is 0 Å². The molecule has 1 saturated carbocycles. The first-order chi connectivity index (χ1) is 21.6. The van der Waals surface area contributed by atoms with Crippen LogP contribution < -0.4 is 10.1 Å². The zero-order valence-corrected chi connectivity index (χ0v) is 27.8. The van der Waals surface area contributed by atoms with Crippen molar-refractivity contribution in [3.05, 3.63) is 63.9 Å². The number of nitrogens with zero attached hydrogens (tertiary/aromatic N) is 2. The minimum atomic E-state index is -0.594. The second kappa shape index (κ2) is 12.8. The maximum absolute atomic E-state index is 14.2. The molecule has 8 heteroatoms. The summed E-state index contributed by atoms with van der Waals surface area (Å²) in [4.78, 5) is 29.6. The summed E-state index contributed by atoms with van der Waals surface area (Å²) in [5, 5.41) is 4.17. The fourth-order valence-corrected chi connectivity index (χ4v) is 7.68. The van der Waals surface area contributed by atoms with Gasteiger partial charge in [-0.3, -0.25) is 4.79 Å². The number of amides is 1. The van der Waals surface area contributed by atoms with Crippen LogP contribution in [-0.4, -0.2) is 74.5 Å². The van der Waals surface area contributed by atoms with E-state index < -0.39 is 5.60 Å². The molecule has 3 aliphatic carbocycles. The largest absolute Gasteiger partial charge is 0.496 e. The predicted octanol–water partition coefficient (Wildman–Crippen LogP) is 6.01. The summed E-state index contributed by atoms with van der Waals surface area (Å²) in [6, 6.07) is 6.64. The highest BCUT2D eigenvalue weighted by Crippen LogP contribution is 2.55. The summed E-state index contributed by atoms with van der Waals surface area (Å²) in [6.45, 7) is 8.69. The standard InChI is InChI=1S/C37H49N3O5/c1-37(2,3)45-36(42)33-28-22-40-29(21-27-30(43-6)16-15-24(34(27)40)23-11-8-7-9-12-23)31-25(32(28)33)13-10-14-26(31)35(41)39(5)18-20-44-19-17-38-4/h10,13,15-16,21,23,26,31,38H,7-9,11-12,14,17-20,22H2,1-6H3/t26-,31+/m1/s1. The number of esters is 1. The molecular formula is C37H49N3O5. The third-order valence-electron chi connectivity index (χ3n) is 9.85. The predicted molar refractivity (Wildman–Crippen MR) is 177 cm³/mol. The summed E-state index contributed by atoms with van der Waals surface area (Å²) in [6.07, 6.45) is 11.0. The lowest BCUT2D eigenvalue weighted by atomic mass is 9.76. The first-order valence-corrected chi connectivity index (χ1v) is 16.7. The van der Waals surface area contributed by atoms with E-state index in [1.807, 2.05) is 39.8 Å². The third-order valence-corrected chi connectivity index (χ3v) is 9.85. The highest BCUT2D eigenvalue weighted by Gasteiger charge is 2.48. The molecule has 1 aromatic carbocycles. The average molecular weight is 616 g/mol. The van der Waals surface area contributed by atoms with Crippen molar-refractivity contribution in [2.75, 3.05) is 47.5 Å². The maximum atomic E-state index is 14.2. The van der Waals surface area contributed by atoms with Gasteiger partial charge in [0.1, 0.15) is 11.4 Å². The number of aromatic nitrogens is 1. The van der Waals surface area contributed by atoms with Gasteiger partial charge in [-0.1, -0.05) is 37.5 Å². The fourth-order valence-electron chi connectivity index (χ4n) is 7.68. The van der Waals surface area contributed by atoms with Crippen LogP contribution in [0.15, 0.2) is 52.6 Å². The number of carbonyl (C=O) groups excluding carboxylic acids is 2. The number of hydrogen-bond donors (Lipinski definition) is 1. The molecule has 0 bridgehead atoms. The molecule has 2 aromatic rings. The molecule has 0 unspecified atom stereocenters. The molecule has 0 radical (unpaired) electrons. The molecule has 8 nitrogen and oxygen atoms in total. The van der Waals surface area contributed by atoms with Crippen LogP contribution in [0, 0.1) is 5.92 Å². The van der Waals surface area contributed by atoms with Crippen LogP contribution in [0.4, 0.5) is 0 Å². The lowest BCUT2D eigenvalue weighted by Gasteiger charge is -2.33. The molecule has 2 atom stereocenters. The Morgan fingerprint density at radius 2 is 1.89 bits per heavy atom. The number of nitrogens with one attached hydrogen (secondary N) is 1. The fraction of sp³-hybridized carbons (Fsp3) is 0.568. The van der Waals surface area contributed by atoms with Crippen molar-refractivity contribution in [2.24, 2.45) is 5.92 Å².